The molecule has 0 unspecified atom stereocenters. The van der Waals surface area contributed by atoms with Gasteiger partial charge in [-0.15, -0.1) is 0 Å². The zero-order valence-electron chi connectivity index (χ0n) is 19.5. The van der Waals surface area contributed by atoms with E-state index in [0.29, 0.717) is 0 Å². The van der Waals surface area contributed by atoms with E-state index in [1.807, 2.05) is 59.4 Å². The highest BCUT2D eigenvalue weighted by Crippen LogP contribution is 2.39. The van der Waals surface area contributed by atoms with Gasteiger partial charge in [-0.25, -0.2) is 0 Å². The van der Waals surface area contributed by atoms with Crippen molar-refractivity contribution >= 4 is 17.2 Å². The highest BCUT2D eigenvalue weighted by atomic mass is 15.3. The third kappa shape index (κ3) is 4.89. The van der Waals surface area contributed by atoms with Crippen LogP contribution in [0, 0.1) is 0 Å². The summed E-state index contributed by atoms with van der Waals surface area (Å²) in [5.41, 5.74) is 10.4. The molecule has 5 rings (SSSR count). The number of benzene rings is 4. The van der Waals surface area contributed by atoms with E-state index >= 15 is 0 Å². The van der Waals surface area contributed by atoms with E-state index in [1.54, 1.807) is 0 Å². The fourth-order valence-electron chi connectivity index (χ4n) is 4.44. The number of hydrogen-bond donors (Lipinski definition) is 3. The first-order chi connectivity index (χ1) is 17.2. The SMILES string of the molecule is Nc1ccc(NCCn2ccc(NC(c3ccccc3)(c3ccccc3)c3ccccc3)n2)cc1. The third-order valence-electron chi connectivity index (χ3n) is 6.16. The van der Waals surface area contributed by atoms with Crippen LogP contribution < -0.4 is 16.4 Å². The minimum absolute atomic E-state index is 0.592. The molecule has 1 aromatic heterocycles. The van der Waals surface area contributed by atoms with Crippen molar-refractivity contribution in [2.75, 3.05) is 22.9 Å². The molecule has 5 heteroatoms. The lowest BCUT2D eigenvalue weighted by atomic mass is 9.77. The molecular formula is C30H29N5. The Balaban J connectivity index is 1.45. The molecule has 5 nitrogen and oxygen atoms in total. The van der Waals surface area contributed by atoms with Gasteiger partial charge in [-0.2, -0.15) is 5.10 Å². The number of nitrogens with two attached hydrogens (primary N) is 1. The van der Waals surface area contributed by atoms with Crippen LogP contribution >= 0.6 is 0 Å². The monoisotopic (exact) mass is 459 g/mol. The zero-order chi connectivity index (χ0) is 23.9. The zero-order valence-corrected chi connectivity index (χ0v) is 19.5. The molecule has 0 aliphatic carbocycles. The molecular weight excluding hydrogens is 430 g/mol. The summed E-state index contributed by atoms with van der Waals surface area (Å²) in [5, 5.41) is 12.1. The fourth-order valence-corrected chi connectivity index (χ4v) is 4.44. The van der Waals surface area contributed by atoms with Crippen molar-refractivity contribution in [3.05, 3.63) is 144 Å². The Morgan fingerprint density at radius 3 is 1.69 bits per heavy atom. The molecule has 0 saturated carbocycles. The molecule has 0 fully saturated rings. The fraction of sp³-hybridized carbons (Fsp3) is 0.100. The molecule has 0 atom stereocenters. The Kier molecular flexibility index (Phi) is 6.48. The minimum atomic E-state index is -0.592. The number of aromatic nitrogens is 2. The van der Waals surface area contributed by atoms with Gasteiger partial charge in [0.1, 0.15) is 11.4 Å². The van der Waals surface area contributed by atoms with Gasteiger partial charge in [0.2, 0.25) is 0 Å². The molecule has 174 valence electrons. The van der Waals surface area contributed by atoms with Gasteiger partial charge in [-0.3, -0.25) is 4.68 Å². The maximum atomic E-state index is 5.78. The van der Waals surface area contributed by atoms with E-state index in [1.165, 1.54) is 0 Å². The number of hydrogen-bond acceptors (Lipinski definition) is 4. The van der Waals surface area contributed by atoms with Gasteiger partial charge >= 0.3 is 0 Å². The Hall–Kier alpha value is -4.51. The van der Waals surface area contributed by atoms with Gasteiger partial charge < -0.3 is 16.4 Å². The summed E-state index contributed by atoms with van der Waals surface area (Å²) in [6.07, 6.45) is 2.01. The molecule has 0 radical (unpaired) electrons. The lowest BCUT2D eigenvalue weighted by molar-refractivity contribution is 0.631. The standard InChI is InChI=1S/C30H29N5/c31-27-16-18-28(19-17-27)32-21-23-35-22-20-29(34-35)33-30(24-10-4-1-5-11-24,25-12-6-2-7-13-25)26-14-8-3-9-15-26/h1-20,22,32H,21,23,31H2,(H,33,34). The first-order valence-electron chi connectivity index (χ1n) is 11.8. The van der Waals surface area contributed by atoms with Crippen LogP contribution in [-0.2, 0) is 12.1 Å². The van der Waals surface area contributed by atoms with Crippen molar-refractivity contribution in [2.45, 2.75) is 12.1 Å². The quantitative estimate of drug-likeness (QED) is 0.187. The van der Waals surface area contributed by atoms with Gasteiger partial charge in [-0.05, 0) is 41.0 Å². The summed E-state index contributed by atoms with van der Waals surface area (Å²) in [5.74, 6) is 0.814. The molecule has 5 aromatic rings. The van der Waals surface area contributed by atoms with Crippen molar-refractivity contribution in [2.24, 2.45) is 0 Å². The van der Waals surface area contributed by atoms with E-state index in [4.69, 9.17) is 10.8 Å². The topological polar surface area (TPSA) is 67.9 Å². The second-order valence-electron chi connectivity index (χ2n) is 8.49. The van der Waals surface area contributed by atoms with Crippen molar-refractivity contribution in [3.63, 3.8) is 0 Å². The molecule has 1 heterocycles. The molecule has 0 aliphatic rings. The maximum Gasteiger partial charge on any atom is 0.149 e. The summed E-state index contributed by atoms with van der Waals surface area (Å²) >= 11 is 0. The van der Waals surface area contributed by atoms with Gasteiger partial charge in [0.25, 0.3) is 0 Å². The summed E-state index contributed by atoms with van der Waals surface area (Å²) < 4.78 is 1.96. The van der Waals surface area contributed by atoms with Crippen LogP contribution in [0.2, 0.25) is 0 Å². The highest BCUT2D eigenvalue weighted by Gasteiger charge is 2.36. The van der Waals surface area contributed by atoms with E-state index < -0.39 is 5.54 Å². The first-order valence-corrected chi connectivity index (χ1v) is 11.8. The van der Waals surface area contributed by atoms with Gasteiger partial charge in [-0.1, -0.05) is 91.0 Å². The predicted octanol–water partition coefficient (Wildman–Crippen LogP) is 5.98. The summed E-state index contributed by atoms with van der Waals surface area (Å²) in [4.78, 5) is 0. The second kappa shape index (κ2) is 10.2. The molecule has 4 N–H and O–H groups in total. The Morgan fingerprint density at radius 2 is 1.17 bits per heavy atom. The maximum absolute atomic E-state index is 5.78. The van der Waals surface area contributed by atoms with Crippen molar-refractivity contribution < 1.29 is 0 Å². The van der Waals surface area contributed by atoms with Gasteiger partial charge in [0, 0.05) is 30.2 Å². The van der Waals surface area contributed by atoms with E-state index in [0.717, 1.165) is 47.0 Å². The number of anilines is 3. The van der Waals surface area contributed by atoms with E-state index in [-0.39, 0.29) is 0 Å². The predicted molar refractivity (Wildman–Crippen MR) is 144 cm³/mol. The number of nitrogens with zero attached hydrogens (tertiary/aromatic N) is 2. The van der Waals surface area contributed by atoms with Crippen molar-refractivity contribution in [1.82, 2.24) is 9.78 Å². The number of nitrogen functional groups attached to an aromatic ring is 1. The lowest BCUT2D eigenvalue weighted by Crippen LogP contribution is -2.38. The Bertz CT molecular complexity index is 1230. The molecule has 0 spiro atoms. The molecule has 0 saturated heterocycles. The molecule has 4 aromatic carbocycles. The minimum Gasteiger partial charge on any atom is -0.399 e. The van der Waals surface area contributed by atoms with Gasteiger partial charge in [0.15, 0.2) is 0 Å². The average molecular weight is 460 g/mol. The molecule has 35 heavy (non-hydrogen) atoms. The smallest absolute Gasteiger partial charge is 0.149 e. The summed E-state index contributed by atoms with van der Waals surface area (Å²) in [6, 6.07) is 41.4. The molecule has 0 aliphatic heterocycles. The summed E-state index contributed by atoms with van der Waals surface area (Å²) in [6.45, 7) is 1.49. The summed E-state index contributed by atoms with van der Waals surface area (Å²) in [7, 11) is 0. The van der Waals surface area contributed by atoms with Crippen LogP contribution in [0.5, 0.6) is 0 Å². The average Bonchev–Trinajstić information content (AvgIpc) is 3.37. The Labute approximate surface area is 206 Å². The normalized spacial score (nSPS) is 11.2. The van der Waals surface area contributed by atoms with Crippen molar-refractivity contribution in [1.29, 1.82) is 0 Å². The van der Waals surface area contributed by atoms with Crippen LogP contribution in [-0.4, -0.2) is 16.3 Å². The van der Waals surface area contributed by atoms with Crippen LogP contribution in [0.3, 0.4) is 0 Å². The van der Waals surface area contributed by atoms with Crippen LogP contribution in [0.15, 0.2) is 128 Å². The van der Waals surface area contributed by atoms with E-state index in [9.17, 15) is 0 Å². The van der Waals surface area contributed by atoms with Crippen LogP contribution in [0.4, 0.5) is 17.2 Å². The van der Waals surface area contributed by atoms with Gasteiger partial charge in [0.05, 0.1) is 6.54 Å². The van der Waals surface area contributed by atoms with Crippen LogP contribution in [0.1, 0.15) is 16.7 Å². The number of rotatable bonds is 9. The lowest BCUT2D eigenvalue weighted by Gasteiger charge is -2.37. The molecule has 0 bridgehead atoms. The second-order valence-corrected chi connectivity index (χ2v) is 8.49. The first kappa shape index (κ1) is 22.3. The largest absolute Gasteiger partial charge is 0.399 e. The number of nitrogens with one attached hydrogen (secondary N) is 2. The molecule has 0 amide bonds. The highest BCUT2D eigenvalue weighted by molar-refractivity contribution is 5.58. The van der Waals surface area contributed by atoms with Crippen LogP contribution in [0.25, 0.3) is 0 Å². The Morgan fingerprint density at radius 1 is 0.657 bits per heavy atom. The third-order valence-corrected chi connectivity index (χ3v) is 6.16. The van der Waals surface area contributed by atoms with Crippen molar-refractivity contribution in [3.8, 4) is 0 Å². The van der Waals surface area contributed by atoms with E-state index in [2.05, 4.69) is 83.4 Å².